The van der Waals surface area contributed by atoms with Crippen molar-refractivity contribution in [3.8, 4) is 0 Å². The molecule has 1 aromatic carbocycles. The molecule has 0 N–H and O–H groups in total. The number of aromatic nitrogens is 1. The number of nitrogens with zero attached hydrogens (tertiary/aromatic N) is 2. The van der Waals surface area contributed by atoms with Gasteiger partial charge in [-0.1, -0.05) is 18.2 Å². The zero-order chi connectivity index (χ0) is 12.4. The maximum absolute atomic E-state index is 6.04. The minimum absolute atomic E-state index is 0.242. The molecular weight excluding hydrogens is 248 g/mol. The third kappa shape index (κ3) is 2.04. The summed E-state index contributed by atoms with van der Waals surface area (Å²) in [4.78, 5) is 6.73. The summed E-state index contributed by atoms with van der Waals surface area (Å²) in [5.41, 5.74) is 2.23. The first-order valence-corrected chi connectivity index (χ1v) is 6.67. The van der Waals surface area contributed by atoms with Gasteiger partial charge in [0.1, 0.15) is 0 Å². The fourth-order valence-corrected chi connectivity index (χ4v) is 2.69. The number of hydrogen-bond acceptors (Lipinski definition) is 3. The summed E-state index contributed by atoms with van der Waals surface area (Å²) in [6.07, 6.45) is 1.86. The van der Waals surface area contributed by atoms with Crippen molar-refractivity contribution in [3.05, 3.63) is 36.5 Å². The van der Waals surface area contributed by atoms with Crippen LogP contribution in [0.5, 0.6) is 0 Å². The lowest BCUT2D eigenvalue weighted by Crippen LogP contribution is -2.46. The van der Waals surface area contributed by atoms with E-state index in [4.69, 9.17) is 16.3 Å². The van der Waals surface area contributed by atoms with Gasteiger partial charge < -0.3 is 9.64 Å². The predicted molar refractivity (Wildman–Crippen MR) is 74.4 cm³/mol. The van der Waals surface area contributed by atoms with Gasteiger partial charge in [0.25, 0.3) is 0 Å². The number of morpholine rings is 1. The molecule has 0 bridgehead atoms. The topological polar surface area (TPSA) is 25.4 Å². The standard InChI is InChI=1S/C14H15ClN2O/c15-9-11-10-18-8-7-17(11)14-5-6-16-13-4-2-1-3-12(13)14/h1-6,11H,7-10H2. The molecule has 1 unspecified atom stereocenters. The van der Waals surface area contributed by atoms with Crippen molar-refractivity contribution in [2.24, 2.45) is 0 Å². The highest BCUT2D eigenvalue weighted by molar-refractivity contribution is 6.18. The first-order chi connectivity index (χ1) is 8.90. The van der Waals surface area contributed by atoms with Crippen LogP contribution in [0, 0.1) is 0 Å². The Labute approximate surface area is 111 Å². The largest absolute Gasteiger partial charge is 0.377 e. The SMILES string of the molecule is ClCC1COCCN1c1ccnc2ccccc12. The lowest BCUT2D eigenvalue weighted by atomic mass is 10.1. The Bertz CT molecular complexity index is 541. The Morgan fingerprint density at radius 2 is 2.22 bits per heavy atom. The summed E-state index contributed by atoms with van der Waals surface area (Å²) >= 11 is 6.04. The van der Waals surface area contributed by atoms with Gasteiger partial charge in [-0.25, -0.2) is 0 Å². The predicted octanol–water partition coefficient (Wildman–Crippen LogP) is 2.68. The van der Waals surface area contributed by atoms with Gasteiger partial charge in [0.2, 0.25) is 0 Å². The normalized spacial score (nSPS) is 20.3. The lowest BCUT2D eigenvalue weighted by molar-refractivity contribution is 0.0999. The Morgan fingerprint density at radius 1 is 1.33 bits per heavy atom. The molecule has 0 aliphatic carbocycles. The van der Waals surface area contributed by atoms with Crippen LogP contribution in [0.25, 0.3) is 10.9 Å². The molecule has 0 radical (unpaired) electrons. The van der Waals surface area contributed by atoms with Crippen LogP contribution in [0.3, 0.4) is 0 Å². The van der Waals surface area contributed by atoms with Crippen LogP contribution in [0.15, 0.2) is 36.5 Å². The van der Waals surface area contributed by atoms with Crippen molar-refractivity contribution >= 4 is 28.2 Å². The smallest absolute Gasteiger partial charge is 0.0722 e. The number of benzene rings is 1. The van der Waals surface area contributed by atoms with Crippen molar-refractivity contribution in [2.45, 2.75) is 6.04 Å². The second kappa shape index (κ2) is 5.12. The molecule has 3 rings (SSSR count). The van der Waals surface area contributed by atoms with Gasteiger partial charge in [-0.2, -0.15) is 0 Å². The molecule has 2 aromatic rings. The maximum atomic E-state index is 6.04. The maximum Gasteiger partial charge on any atom is 0.0722 e. The van der Waals surface area contributed by atoms with Gasteiger partial charge >= 0.3 is 0 Å². The molecular formula is C14H15ClN2O. The Morgan fingerprint density at radius 3 is 3.11 bits per heavy atom. The number of halogens is 1. The van der Waals surface area contributed by atoms with Crippen molar-refractivity contribution in [1.82, 2.24) is 4.98 Å². The molecule has 0 amide bonds. The molecule has 3 nitrogen and oxygen atoms in total. The fourth-order valence-electron chi connectivity index (χ4n) is 2.43. The van der Waals surface area contributed by atoms with Crippen molar-refractivity contribution in [3.63, 3.8) is 0 Å². The zero-order valence-electron chi connectivity index (χ0n) is 10.1. The molecule has 4 heteroatoms. The minimum atomic E-state index is 0.242. The summed E-state index contributed by atoms with van der Waals surface area (Å²) in [5, 5.41) is 1.18. The Balaban J connectivity index is 2.07. The van der Waals surface area contributed by atoms with E-state index in [1.54, 1.807) is 0 Å². The monoisotopic (exact) mass is 262 g/mol. The third-order valence-electron chi connectivity index (χ3n) is 3.34. The number of ether oxygens (including phenoxy) is 1. The molecule has 0 saturated carbocycles. The molecule has 1 aromatic heterocycles. The lowest BCUT2D eigenvalue weighted by Gasteiger charge is -2.36. The van der Waals surface area contributed by atoms with E-state index in [0.717, 1.165) is 18.7 Å². The third-order valence-corrected chi connectivity index (χ3v) is 3.70. The van der Waals surface area contributed by atoms with E-state index in [1.807, 2.05) is 24.4 Å². The molecule has 1 aliphatic rings. The first-order valence-electron chi connectivity index (χ1n) is 6.14. The van der Waals surface area contributed by atoms with Crippen LogP contribution in [0.4, 0.5) is 5.69 Å². The Hall–Kier alpha value is -1.32. The molecule has 1 atom stereocenters. The van der Waals surface area contributed by atoms with Crippen LogP contribution in [-0.2, 0) is 4.74 Å². The van der Waals surface area contributed by atoms with Crippen LogP contribution in [0.1, 0.15) is 0 Å². The molecule has 18 heavy (non-hydrogen) atoms. The summed E-state index contributed by atoms with van der Waals surface area (Å²) in [5.74, 6) is 0.580. The van der Waals surface area contributed by atoms with Crippen LogP contribution in [-0.4, -0.2) is 36.7 Å². The number of para-hydroxylation sites is 1. The highest BCUT2D eigenvalue weighted by Gasteiger charge is 2.23. The van der Waals surface area contributed by atoms with Gasteiger partial charge in [-0.3, -0.25) is 4.98 Å². The summed E-state index contributed by atoms with van der Waals surface area (Å²) in [7, 11) is 0. The van der Waals surface area contributed by atoms with Gasteiger partial charge in [0, 0.05) is 29.7 Å². The van der Waals surface area contributed by atoms with E-state index >= 15 is 0 Å². The van der Waals surface area contributed by atoms with E-state index in [-0.39, 0.29) is 6.04 Å². The van der Waals surface area contributed by atoms with Crippen LogP contribution in [0.2, 0.25) is 0 Å². The van der Waals surface area contributed by atoms with Crippen molar-refractivity contribution in [1.29, 1.82) is 0 Å². The quantitative estimate of drug-likeness (QED) is 0.778. The summed E-state index contributed by atoms with van der Waals surface area (Å²) in [6.45, 7) is 2.33. The summed E-state index contributed by atoms with van der Waals surface area (Å²) < 4.78 is 5.50. The van der Waals surface area contributed by atoms with E-state index < -0.39 is 0 Å². The van der Waals surface area contributed by atoms with Gasteiger partial charge in [-0.05, 0) is 12.1 Å². The minimum Gasteiger partial charge on any atom is -0.377 e. The fraction of sp³-hybridized carbons (Fsp3) is 0.357. The summed E-state index contributed by atoms with van der Waals surface area (Å²) in [6, 6.07) is 10.5. The van der Waals surface area contributed by atoms with E-state index in [1.165, 1.54) is 11.1 Å². The average molecular weight is 263 g/mol. The molecule has 2 heterocycles. The molecule has 94 valence electrons. The number of fused-ring (bicyclic) bond motifs is 1. The zero-order valence-corrected chi connectivity index (χ0v) is 10.8. The number of anilines is 1. The average Bonchev–Trinajstić information content (AvgIpc) is 2.46. The van der Waals surface area contributed by atoms with Gasteiger partial charge in [-0.15, -0.1) is 11.6 Å². The van der Waals surface area contributed by atoms with E-state index in [2.05, 4.69) is 22.0 Å². The van der Waals surface area contributed by atoms with Crippen molar-refractivity contribution in [2.75, 3.05) is 30.5 Å². The van der Waals surface area contributed by atoms with E-state index in [9.17, 15) is 0 Å². The van der Waals surface area contributed by atoms with Crippen LogP contribution < -0.4 is 4.90 Å². The second-order valence-corrected chi connectivity index (χ2v) is 4.73. The molecule has 0 spiro atoms. The molecule has 1 aliphatic heterocycles. The van der Waals surface area contributed by atoms with E-state index in [0.29, 0.717) is 12.5 Å². The number of pyridine rings is 1. The number of hydrogen-bond donors (Lipinski definition) is 0. The molecule has 1 fully saturated rings. The first kappa shape index (κ1) is 11.8. The highest BCUT2D eigenvalue weighted by atomic mass is 35.5. The second-order valence-electron chi connectivity index (χ2n) is 4.42. The van der Waals surface area contributed by atoms with Crippen molar-refractivity contribution < 1.29 is 4.74 Å². The van der Waals surface area contributed by atoms with Gasteiger partial charge in [0.05, 0.1) is 24.8 Å². The highest BCUT2D eigenvalue weighted by Crippen LogP contribution is 2.28. The number of rotatable bonds is 2. The number of alkyl halides is 1. The van der Waals surface area contributed by atoms with Gasteiger partial charge in [0.15, 0.2) is 0 Å². The Kier molecular flexibility index (Phi) is 3.35. The molecule has 1 saturated heterocycles. The van der Waals surface area contributed by atoms with Crippen LogP contribution >= 0.6 is 11.6 Å².